The minimum atomic E-state index is -4.98. The lowest BCUT2D eigenvalue weighted by molar-refractivity contribution is -0.174. The van der Waals surface area contributed by atoms with E-state index in [9.17, 15) is 31.2 Å². The number of carbonyl (C=O) groups is 2. The van der Waals surface area contributed by atoms with Crippen LogP contribution in [0.15, 0.2) is 58.3 Å². The average Bonchev–Trinajstić information content (AvgIpc) is 2.66. The molecule has 2 N–H and O–H groups in total. The van der Waals surface area contributed by atoms with Gasteiger partial charge in [0.1, 0.15) is 5.75 Å². The number of amides is 1. The molecule has 0 fully saturated rings. The highest BCUT2D eigenvalue weighted by Crippen LogP contribution is 2.25. The Bertz CT molecular complexity index is 1020. The van der Waals surface area contributed by atoms with Gasteiger partial charge in [-0.2, -0.15) is 13.2 Å². The summed E-state index contributed by atoms with van der Waals surface area (Å²) in [6.45, 7) is 0.776. The van der Waals surface area contributed by atoms with Crippen molar-refractivity contribution in [3.8, 4) is 5.75 Å². The van der Waals surface area contributed by atoms with E-state index >= 15 is 0 Å². The number of sulfone groups is 1. The van der Waals surface area contributed by atoms with Gasteiger partial charge in [-0.15, -0.1) is 0 Å². The first-order valence-corrected chi connectivity index (χ1v) is 10.0. The number of aliphatic carboxylic acids is 1. The van der Waals surface area contributed by atoms with Crippen LogP contribution in [0.3, 0.4) is 0 Å². The van der Waals surface area contributed by atoms with E-state index in [0.717, 1.165) is 0 Å². The summed E-state index contributed by atoms with van der Waals surface area (Å²) in [4.78, 5) is 21.4. The fourth-order valence-electron chi connectivity index (χ4n) is 2.53. The second-order valence-electron chi connectivity index (χ2n) is 6.38. The molecule has 2 aromatic rings. The topological polar surface area (TPSA) is 110 Å². The van der Waals surface area contributed by atoms with Gasteiger partial charge in [0.2, 0.25) is 9.84 Å². The number of hydrogen-bond donors (Lipinski definition) is 2. The molecule has 0 saturated carbocycles. The van der Waals surface area contributed by atoms with Gasteiger partial charge >= 0.3 is 18.1 Å². The number of nitrogens with one attached hydrogen (secondary N) is 1. The molecule has 2 rings (SSSR count). The molecule has 2 aromatic carbocycles. The molecule has 0 saturated heterocycles. The summed E-state index contributed by atoms with van der Waals surface area (Å²) in [5, 5.41) is 10.5. The number of carbonyl (C=O) groups excluding carboxylic acids is 1. The van der Waals surface area contributed by atoms with Crippen LogP contribution in [0, 0.1) is 0 Å². The predicted octanol–water partition coefficient (Wildman–Crippen LogP) is 2.59. The fourth-order valence-corrected chi connectivity index (χ4v) is 3.82. The van der Waals surface area contributed by atoms with Crippen LogP contribution in [0.25, 0.3) is 0 Å². The van der Waals surface area contributed by atoms with E-state index in [-0.39, 0.29) is 22.0 Å². The van der Waals surface area contributed by atoms with Crippen molar-refractivity contribution in [3.63, 3.8) is 0 Å². The Hall–Kier alpha value is -3.08. The van der Waals surface area contributed by atoms with Crippen molar-refractivity contribution < 1.29 is 41.0 Å². The molecular formula is C19H18F3NO6S. The quantitative estimate of drug-likeness (QED) is 0.647. The number of carboxylic acid groups (broad SMARTS) is 1. The van der Waals surface area contributed by atoms with E-state index in [4.69, 9.17) is 9.84 Å². The Morgan fingerprint density at radius 1 is 1.10 bits per heavy atom. The molecule has 11 heteroatoms. The van der Waals surface area contributed by atoms with Gasteiger partial charge in [0.15, 0.2) is 6.61 Å². The van der Waals surface area contributed by atoms with E-state index < -0.39 is 40.5 Å². The maximum absolute atomic E-state index is 12.8. The summed E-state index contributed by atoms with van der Waals surface area (Å²) >= 11 is 0. The smallest absolute Gasteiger partial charge is 0.471 e. The van der Waals surface area contributed by atoms with Gasteiger partial charge in [-0.25, -0.2) is 13.2 Å². The lowest BCUT2D eigenvalue weighted by Gasteiger charge is -2.15. The number of carboxylic acids is 1. The van der Waals surface area contributed by atoms with Gasteiger partial charge in [-0.05, 0) is 49.2 Å². The molecule has 162 valence electrons. The average molecular weight is 445 g/mol. The van der Waals surface area contributed by atoms with Crippen LogP contribution in [0.2, 0.25) is 0 Å². The van der Waals surface area contributed by atoms with Crippen LogP contribution in [-0.2, 0) is 25.8 Å². The van der Waals surface area contributed by atoms with Crippen molar-refractivity contribution >= 4 is 21.7 Å². The van der Waals surface area contributed by atoms with Crippen LogP contribution in [0.4, 0.5) is 13.2 Å². The number of rotatable bonds is 8. The number of hydrogen-bond acceptors (Lipinski definition) is 5. The highest BCUT2D eigenvalue weighted by Gasteiger charge is 2.39. The fraction of sp³-hybridized carbons (Fsp3) is 0.263. The van der Waals surface area contributed by atoms with Crippen LogP contribution >= 0.6 is 0 Å². The van der Waals surface area contributed by atoms with Gasteiger partial charge in [-0.1, -0.05) is 18.2 Å². The molecule has 0 spiro atoms. The third kappa shape index (κ3) is 6.21. The van der Waals surface area contributed by atoms with Gasteiger partial charge in [0.05, 0.1) is 9.79 Å². The van der Waals surface area contributed by atoms with E-state index in [1.54, 1.807) is 0 Å². The van der Waals surface area contributed by atoms with Crippen LogP contribution < -0.4 is 10.1 Å². The SMILES string of the molecule is C[C@H](Cc1ccc(S(=O)(=O)c2cccc(OCC(=O)O)c2)cc1)NC(=O)C(F)(F)F. The summed E-state index contributed by atoms with van der Waals surface area (Å²) in [6, 6.07) is 10.0. The molecule has 0 aliphatic rings. The first kappa shape index (κ1) is 23.2. The van der Waals surface area contributed by atoms with Gasteiger partial charge in [0, 0.05) is 6.04 Å². The number of halogens is 3. The Morgan fingerprint density at radius 2 is 1.73 bits per heavy atom. The van der Waals surface area contributed by atoms with Gasteiger partial charge < -0.3 is 15.2 Å². The summed E-state index contributed by atoms with van der Waals surface area (Å²) in [6.07, 6.45) is -4.91. The van der Waals surface area contributed by atoms with E-state index in [1.807, 2.05) is 5.32 Å². The molecule has 0 bridgehead atoms. The summed E-state index contributed by atoms with van der Waals surface area (Å²) in [5.74, 6) is -3.18. The number of benzene rings is 2. The first-order chi connectivity index (χ1) is 13.9. The van der Waals surface area contributed by atoms with Crippen molar-refractivity contribution in [1.29, 1.82) is 0 Å². The van der Waals surface area contributed by atoms with E-state index in [2.05, 4.69) is 0 Å². The third-order valence-electron chi connectivity index (χ3n) is 3.89. The lowest BCUT2D eigenvalue weighted by atomic mass is 10.1. The Balaban J connectivity index is 2.12. The molecule has 0 heterocycles. The highest BCUT2D eigenvalue weighted by atomic mass is 32.2. The molecule has 1 amide bonds. The summed E-state index contributed by atoms with van der Waals surface area (Å²) in [7, 11) is -3.93. The molecule has 7 nitrogen and oxygen atoms in total. The molecule has 0 unspecified atom stereocenters. The minimum absolute atomic E-state index is 0.0615. The van der Waals surface area contributed by atoms with Gasteiger partial charge in [-0.3, -0.25) is 4.79 Å². The molecule has 0 aliphatic carbocycles. The standard InChI is InChI=1S/C19H18F3NO6S/c1-12(23-18(26)19(20,21)22)9-13-5-7-15(8-6-13)30(27,28)16-4-2-3-14(10-16)29-11-17(24)25/h2-8,10,12H,9,11H2,1H3,(H,23,26)(H,24,25)/t12-/m1/s1. The van der Waals surface area contributed by atoms with E-state index in [1.165, 1.54) is 55.5 Å². The Morgan fingerprint density at radius 3 is 2.30 bits per heavy atom. The Kier molecular flexibility index (Phi) is 7.08. The molecular weight excluding hydrogens is 427 g/mol. The van der Waals surface area contributed by atoms with E-state index in [0.29, 0.717) is 5.56 Å². The third-order valence-corrected chi connectivity index (χ3v) is 5.66. The maximum atomic E-state index is 12.8. The lowest BCUT2D eigenvalue weighted by Crippen LogP contribution is -2.42. The molecule has 0 radical (unpaired) electrons. The second-order valence-corrected chi connectivity index (χ2v) is 8.33. The second kappa shape index (κ2) is 9.16. The van der Waals surface area contributed by atoms with Crippen molar-refractivity contribution in [3.05, 3.63) is 54.1 Å². The molecule has 0 aliphatic heterocycles. The summed E-state index contributed by atoms with van der Waals surface area (Å²) < 4.78 is 67.4. The Labute approximate surface area is 170 Å². The largest absolute Gasteiger partial charge is 0.482 e. The maximum Gasteiger partial charge on any atom is 0.471 e. The highest BCUT2D eigenvalue weighted by molar-refractivity contribution is 7.91. The van der Waals surface area contributed by atoms with Crippen molar-refractivity contribution in [2.24, 2.45) is 0 Å². The van der Waals surface area contributed by atoms with Crippen LogP contribution in [-0.4, -0.2) is 44.2 Å². The zero-order chi connectivity index (χ0) is 22.5. The number of ether oxygens (including phenoxy) is 1. The summed E-state index contributed by atoms with van der Waals surface area (Å²) in [5.41, 5.74) is 0.530. The minimum Gasteiger partial charge on any atom is -0.482 e. The predicted molar refractivity (Wildman–Crippen MR) is 98.8 cm³/mol. The van der Waals surface area contributed by atoms with Crippen LogP contribution in [0.5, 0.6) is 5.75 Å². The van der Waals surface area contributed by atoms with Gasteiger partial charge in [0.25, 0.3) is 0 Å². The molecule has 30 heavy (non-hydrogen) atoms. The normalized spacial score (nSPS) is 12.8. The van der Waals surface area contributed by atoms with Crippen molar-refractivity contribution in [2.75, 3.05) is 6.61 Å². The van der Waals surface area contributed by atoms with Crippen molar-refractivity contribution in [2.45, 2.75) is 35.4 Å². The number of alkyl halides is 3. The monoisotopic (exact) mass is 445 g/mol. The zero-order valence-electron chi connectivity index (χ0n) is 15.6. The zero-order valence-corrected chi connectivity index (χ0v) is 16.5. The molecule has 1 atom stereocenters. The molecule has 0 aromatic heterocycles. The first-order valence-electron chi connectivity index (χ1n) is 8.56. The van der Waals surface area contributed by atoms with Crippen LogP contribution in [0.1, 0.15) is 12.5 Å². The van der Waals surface area contributed by atoms with Crippen molar-refractivity contribution in [1.82, 2.24) is 5.32 Å².